The standard InChI is InChI=1S/C16H12N2O.N2/c19-11-12-5-1-3-7-15(12)17-9-13-10-18-16-8-4-2-6-14(13)16;1-2/h1-11,18H;. The number of fused-ring (bicyclic) bond motifs is 1. The average molecular weight is 276 g/mol. The van der Waals surface area contributed by atoms with Crippen molar-refractivity contribution in [2.24, 2.45) is 4.99 Å². The van der Waals surface area contributed by atoms with E-state index in [0.29, 0.717) is 11.3 Å². The zero-order valence-corrected chi connectivity index (χ0v) is 11.1. The lowest BCUT2D eigenvalue weighted by molar-refractivity contribution is 0.112. The van der Waals surface area contributed by atoms with E-state index in [2.05, 4.69) is 9.98 Å². The second kappa shape index (κ2) is 6.78. The van der Waals surface area contributed by atoms with E-state index in [1.807, 2.05) is 48.7 Å². The van der Waals surface area contributed by atoms with Crippen LogP contribution in [0.2, 0.25) is 0 Å². The number of para-hydroxylation sites is 2. The molecule has 0 spiro atoms. The number of aldehydes is 1. The van der Waals surface area contributed by atoms with E-state index in [-0.39, 0.29) is 0 Å². The van der Waals surface area contributed by atoms with Gasteiger partial charge in [0.1, 0.15) is 0 Å². The largest absolute Gasteiger partial charge is 0.361 e. The van der Waals surface area contributed by atoms with Gasteiger partial charge in [0, 0.05) is 45.2 Å². The summed E-state index contributed by atoms with van der Waals surface area (Å²) in [4.78, 5) is 18.5. The molecule has 1 aromatic heterocycles. The van der Waals surface area contributed by atoms with E-state index in [9.17, 15) is 4.79 Å². The van der Waals surface area contributed by atoms with Gasteiger partial charge in [0.25, 0.3) is 0 Å². The summed E-state index contributed by atoms with van der Waals surface area (Å²) in [6.07, 6.45) is 4.51. The molecule has 0 saturated heterocycles. The number of carbonyl (C=O) groups is 1. The minimum Gasteiger partial charge on any atom is -0.361 e. The van der Waals surface area contributed by atoms with Crippen molar-refractivity contribution in [3.8, 4) is 0 Å². The zero-order chi connectivity index (χ0) is 15.1. The summed E-state index contributed by atoms with van der Waals surface area (Å²) in [7, 11) is 0. The Morgan fingerprint density at radius 2 is 1.67 bits per heavy atom. The molecule has 0 unspecified atom stereocenters. The Bertz CT molecular complexity index is 802. The number of nitrogens with zero attached hydrogens (tertiary/aromatic N) is 3. The van der Waals surface area contributed by atoms with Crippen LogP contribution in [0.25, 0.3) is 10.9 Å². The molecule has 0 bridgehead atoms. The highest BCUT2D eigenvalue weighted by molar-refractivity contribution is 6.00. The number of aliphatic imine (C=N–C) groups is 1. The van der Waals surface area contributed by atoms with Gasteiger partial charge in [0.2, 0.25) is 0 Å². The Morgan fingerprint density at radius 3 is 2.48 bits per heavy atom. The molecule has 0 radical (unpaired) electrons. The van der Waals surface area contributed by atoms with Gasteiger partial charge in [0.15, 0.2) is 6.29 Å². The highest BCUT2D eigenvalue weighted by atomic mass is 16.1. The van der Waals surface area contributed by atoms with Crippen molar-refractivity contribution in [2.75, 3.05) is 0 Å². The summed E-state index contributed by atoms with van der Waals surface area (Å²) >= 11 is 0. The van der Waals surface area contributed by atoms with Crippen molar-refractivity contribution >= 4 is 29.1 Å². The Balaban J connectivity index is 0.000000774. The monoisotopic (exact) mass is 276 g/mol. The molecule has 2 aromatic carbocycles. The third kappa shape index (κ3) is 3.01. The third-order valence-corrected chi connectivity index (χ3v) is 3.03. The number of nitrogens with one attached hydrogen (secondary N) is 1. The van der Waals surface area contributed by atoms with Crippen LogP contribution in [0.1, 0.15) is 15.9 Å². The summed E-state index contributed by atoms with van der Waals surface area (Å²) in [5.74, 6) is 0. The maximum absolute atomic E-state index is 10.9. The van der Waals surface area contributed by atoms with Crippen molar-refractivity contribution < 1.29 is 4.79 Å². The number of carbonyl (C=O) groups excluding carboxylic acids is 1. The normalized spacial score (nSPS) is 10.2. The van der Waals surface area contributed by atoms with Crippen molar-refractivity contribution in [1.29, 1.82) is 10.8 Å². The number of hydrogen-bond acceptors (Lipinski definition) is 4. The van der Waals surface area contributed by atoms with Crippen molar-refractivity contribution in [3.05, 3.63) is 65.9 Å². The second-order valence-electron chi connectivity index (χ2n) is 4.22. The van der Waals surface area contributed by atoms with Crippen LogP contribution in [0, 0.1) is 10.8 Å². The highest BCUT2D eigenvalue weighted by Crippen LogP contribution is 2.19. The van der Waals surface area contributed by atoms with Crippen LogP contribution in [0.3, 0.4) is 0 Å². The van der Waals surface area contributed by atoms with Gasteiger partial charge in [-0.05, 0) is 18.2 Å². The molecule has 5 nitrogen and oxygen atoms in total. The summed E-state index contributed by atoms with van der Waals surface area (Å²) in [5.41, 5.74) is 3.37. The first-order chi connectivity index (χ1) is 10.4. The molecule has 3 aromatic rings. The number of aromatic amines is 1. The Kier molecular flexibility index (Phi) is 4.57. The fraction of sp³-hybridized carbons (Fsp3) is 0. The summed E-state index contributed by atoms with van der Waals surface area (Å²) < 4.78 is 0. The van der Waals surface area contributed by atoms with Crippen molar-refractivity contribution in [3.63, 3.8) is 0 Å². The minimum absolute atomic E-state index is 0.596. The molecule has 0 fully saturated rings. The summed E-state index contributed by atoms with van der Waals surface area (Å²) in [6, 6.07) is 15.3. The lowest BCUT2D eigenvalue weighted by atomic mass is 10.2. The molecule has 0 amide bonds. The number of benzene rings is 2. The molecule has 0 aliphatic rings. The molecule has 5 heteroatoms. The van der Waals surface area contributed by atoms with Crippen molar-refractivity contribution in [2.45, 2.75) is 0 Å². The summed E-state index contributed by atoms with van der Waals surface area (Å²) in [5, 5.41) is 13.1. The molecule has 1 heterocycles. The van der Waals surface area contributed by atoms with E-state index in [0.717, 1.165) is 22.8 Å². The van der Waals surface area contributed by atoms with Gasteiger partial charge in [0.05, 0.1) is 5.69 Å². The molecule has 0 saturated carbocycles. The van der Waals surface area contributed by atoms with Crippen LogP contribution in [0.4, 0.5) is 5.69 Å². The van der Waals surface area contributed by atoms with Gasteiger partial charge in [-0.25, -0.2) is 0 Å². The molecule has 1 N–H and O–H groups in total. The number of hydrogen-bond donors (Lipinski definition) is 1. The van der Waals surface area contributed by atoms with Gasteiger partial charge in [-0.1, -0.05) is 30.3 Å². The van der Waals surface area contributed by atoms with Gasteiger partial charge in [-0.3, -0.25) is 9.79 Å². The van der Waals surface area contributed by atoms with E-state index in [4.69, 9.17) is 10.8 Å². The SMILES string of the molecule is N#N.O=Cc1ccccc1N=Cc1c[nH]c2ccccc12. The maximum Gasteiger partial charge on any atom is 0.152 e. The van der Waals surface area contributed by atoms with Crippen LogP contribution >= 0.6 is 0 Å². The fourth-order valence-electron chi connectivity index (χ4n) is 2.04. The third-order valence-electron chi connectivity index (χ3n) is 3.03. The smallest absolute Gasteiger partial charge is 0.152 e. The molecule has 0 atom stereocenters. The lowest BCUT2D eigenvalue weighted by Gasteiger charge is -1.96. The van der Waals surface area contributed by atoms with Gasteiger partial charge < -0.3 is 4.98 Å². The van der Waals surface area contributed by atoms with Crippen LogP contribution in [0.15, 0.2) is 59.7 Å². The molecular formula is C16H12N4O. The Labute approximate surface area is 121 Å². The minimum atomic E-state index is 0.596. The molecule has 0 aliphatic heterocycles. The van der Waals surface area contributed by atoms with Crippen LogP contribution < -0.4 is 0 Å². The van der Waals surface area contributed by atoms with E-state index in [1.165, 1.54) is 0 Å². The first kappa shape index (κ1) is 14.2. The fourth-order valence-corrected chi connectivity index (χ4v) is 2.04. The second-order valence-corrected chi connectivity index (χ2v) is 4.22. The molecule has 102 valence electrons. The molecule has 0 aliphatic carbocycles. The predicted molar refractivity (Wildman–Crippen MR) is 80.8 cm³/mol. The zero-order valence-electron chi connectivity index (χ0n) is 11.1. The predicted octanol–water partition coefficient (Wildman–Crippen LogP) is 3.76. The lowest BCUT2D eigenvalue weighted by Crippen LogP contribution is -1.82. The Morgan fingerprint density at radius 1 is 0.952 bits per heavy atom. The first-order valence-electron chi connectivity index (χ1n) is 6.23. The van der Waals surface area contributed by atoms with E-state index < -0.39 is 0 Å². The van der Waals surface area contributed by atoms with Crippen LogP contribution in [-0.2, 0) is 0 Å². The highest BCUT2D eigenvalue weighted by Gasteiger charge is 2.01. The number of H-pyrrole nitrogens is 1. The Hall–Kier alpha value is -3.26. The maximum atomic E-state index is 10.9. The molecular weight excluding hydrogens is 264 g/mol. The molecule has 3 rings (SSSR count). The van der Waals surface area contributed by atoms with Gasteiger partial charge in [-0.2, -0.15) is 0 Å². The quantitative estimate of drug-likeness (QED) is 0.448. The first-order valence-corrected chi connectivity index (χ1v) is 6.23. The van der Waals surface area contributed by atoms with Crippen LogP contribution in [0.5, 0.6) is 0 Å². The van der Waals surface area contributed by atoms with Crippen LogP contribution in [-0.4, -0.2) is 17.5 Å². The number of rotatable bonds is 3. The van der Waals surface area contributed by atoms with E-state index >= 15 is 0 Å². The van der Waals surface area contributed by atoms with Crippen molar-refractivity contribution in [1.82, 2.24) is 4.98 Å². The number of aromatic nitrogens is 1. The van der Waals surface area contributed by atoms with E-state index in [1.54, 1.807) is 12.3 Å². The van der Waals surface area contributed by atoms with Gasteiger partial charge >= 0.3 is 0 Å². The van der Waals surface area contributed by atoms with Gasteiger partial charge in [-0.15, -0.1) is 0 Å². The molecule has 21 heavy (non-hydrogen) atoms. The topological polar surface area (TPSA) is 92.8 Å². The average Bonchev–Trinajstić information content (AvgIpc) is 2.98. The summed E-state index contributed by atoms with van der Waals surface area (Å²) in [6.45, 7) is 0.